The number of ether oxygens (including phenoxy) is 1. The second-order valence-corrected chi connectivity index (χ2v) is 7.57. The maximum atomic E-state index is 11.7. The molecule has 7 heteroatoms. The Hall–Kier alpha value is -2.60. The first kappa shape index (κ1) is 18.2. The Kier molecular flexibility index (Phi) is 4.63. The highest BCUT2D eigenvalue weighted by Crippen LogP contribution is 2.36. The molecule has 0 saturated carbocycles. The molecule has 0 fully saturated rings. The summed E-state index contributed by atoms with van der Waals surface area (Å²) < 4.78 is 4.76. The van der Waals surface area contributed by atoms with E-state index in [4.69, 9.17) is 16.3 Å². The predicted octanol–water partition coefficient (Wildman–Crippen LogP) is 3.79. The van der Waals surface area contributed by atoms with E-state index in [1.807, 2.05) is 26.8 Å². The smallest absolute Gasteiger partial charge is 0.309 e. The van der Waals surface area contributed by atoms with Gasteiger partial charge in [0.2, 0.25) is 0 Å². The molecule has 2 aromatic carbocycles. The highest BCUT2D eigenvalue weighted by atomic mass is 35.5. The van der Waals surface area contributed by atoms with Crippen molar-refractivity contribution in [2.45, 2.75) is 32.6 Å². The molecule has 0 unspecified atom stereocenters. The third-order valence-electron chi connectivity index (χ3n) is 4.09. The van der Waals surface area contributed by atoms with Gasteiger partial charge in [-0.3, -0.25) is 4.79 Å². The molecule has 1 aromatic heterocycles. The summed E-state index contributed by atoms with van der Waals surface area (Å²) in [6, 6.07) is 8.72. The van der Waals surface area contributed by atoms with Gasteiger partial charge in [0.05, 0.1) is 13.5 Å². The van der Waals surface area contributed by atoms with Gasteiger partial charge in [-0.05, 0) is 35.2 Å². The third kappa shape index (κ3) is 3.51. The number of aromatic nitrogens is 3. The lowest BCUT2D eigenvalue weighted by molar-refractivity contribution is -0.139. The normalized spacial score (nSPS) is 11.7. The van der Waals surface area contributed by atoms with Gasteiger partial charge in [-0.25, -0.2) is 0 Å². The van der Waals surface area contributed by atoms with Crippen LogP contribution in [-0.4, -0.2) is 33.2 Å². The Balaban J connectivity index is 2.20. The van der Waals surface area contributed by atoms with Gasteiger partial charge in [-0.2, -0.15) is 0 Å². The zero-order valence-electron chi connectivity index (χ0n) is 15.1. The topological polar surface area (TPSA) is 77.2 Å². The largest absolute Gasteiger partial charge is 0.505 e. The van der Waals surface area contributed by atoms with Crippen LogP contribution in [0.15, 0.2) is 30.3 Å². The molecule has 136 valence electrons. The Morgan fingerprint density at radius 2 is 1.88 bits per heavy atom. The SMILES string of the molecule is COC(=O)Cc1cc(-n2nc3ccc(Cl)cc3n2)c(O)c(C(C)(C)C)c1. The maximum Gasteiger partial charge on any atom is 0.309 e. The van der Waals surface area contributed by atoms with Gasteiger partial charge in [0, 0.05) is 10.6 Å². The average molecular weight is 374 g/mol. The van der Waals surface area contributed by atoms with Gasteiger partial charge in [0.1, 0.15) is 22.5 Å². The van der Waals surface area contributed by atoms with Gasteiger partial charge in [0.15, 0.2) is 0 Å². The van der Waals surface area contributed by atoms with Gasteiger partial charge < -0.3 is 9.84 Å². The first-order valence-corrected chi connectivity index (χ1v) is 8.53. The first-order chi connectivity index (χ1) is 12.2. The molecule has 0 aliphatic carbocycles. The Bertz CT molecular complexity index is 990. The molecule has 1 heterocycles. The molecule has 3 rings (SSSR count). The molecular formula is C19H20ClN3O3. The Morgan fingerprint density at radius 1 is 1.19 bits per heavy atom. The molecule has 6 nitrogen and oxygen atoms in total. The van der Waals surface area contributed by atoms with Gasteiger partial charge in [-0.1, -0.05) is 38.4 Å². The van der Waals surface area contributed by atoms with Crippen LogP contribution in [0.2, 0.25) is 5.02 Å². The molecule has 0 saturated heterocycles. The number of nitrogens with zero attached hydrogens (tertiary/aromatic N) is 3. The van der Waals surface area contributed by atoms with E-state index in [2.05, 4.69) is 10.2 Å². The summed E-state index contributed by atoms with van der Waals surface area (Å²) in [6.45, 7) is 5.96. The lowest BCUT2D eigenvalue weighted by atomic mass is 9.84. The number of carbonyl (C=O) groups excluding carboxylic acids is 1. The molecule has 26 heavy (non-hydrogen) atoms. The monoisotopic (exact) mass is 373 g/mol. The third-order valence-corrected chi connectivity index (χ3v) is 4.33. The van der Waals surface area contributed by atoms with Crippen LogP contribution in [0.3, 0.4) is 0 Å². The maximum absolute atomic E-state index is 11.7. The molecule has 3 aromatic rings. The minimum Gasteiger partial charge on any atom is -0.505 e. The van der Waals surface area contributed by atoms with Crippen molar-refractivity contribution in [1.29, 1.82) is 0 Å². The fourth-order valence-corrected chi connectivity index (χ4v) is 2.90. The summed E-state index contributed by atoms with van der Waals surface area (Å²) in [6.07, 6.45) is 0.0967. The van der Waals surface area contributed by atoms with E-state index in [1.54, 1.807) is 24.3 Å². The van der Waals surface area contributed by atoms with Crippen molar-refractivity contribution < 1.29 is 14.6 Å². The molecule has 1 N–H and O–H groups in total. The number of hydrogen-bond acceptors (Lipinski definition) is 5. The van der Waals surface area contributed by atoms with Crippen LogP contribution in [0.5, 0.6) is 5.75 Å². The number of esters is 1. The van der Waals surface area contributed by atoms with Crippen LogP contribution in [-0.2, 0) is 21.4 Å². The lowest BCUT2D eigenvalue weighted by Crippen LogP contribution is -2.15. The number of benzene rings is 2. The van der Waals surface area contributed by atoms with Crippen molar-refractivity contribution in [1.82, 2.24) is 15.0 Å². The first-order valence-electron chi connectivity index (χ1n) is 8.15. The van der Waals surface area contributed by atoms with Gasteiger partial charge in [-0.15, -0.1) is 15.0 Å². The van der Waals surface area contributed by atoms with E-state index in [0.29, 0.717) is 32.9 Å². The molecule has 0 bridgehead atoms. The zero-order valence-corrected chi connectivity index (χ0v) is 15.8. The van der Waals surface area contributed by atoms with Crippen LogP contribution in [0.4, 0.5) is 0 Å². The average Bonchev–Trinajstić information content (AvgIpc) is 2.97. The predicted molar refractivity (Wildman–Crippen MR) is 100.0 cm³/mol. The quantitative estimate of drug-likeness (QED) is 0.707. The van der Waals surface area contributed by atoms with Crippen LogP contribution in [0, 0.1) is 0 Å². The van der Waals surface area contributed by atoms with Crippen molar-refractivity contribution in [2.75, 3.05) is 7.11 Å². The molecule has 0 radical (unpaired) electrons. The van der Waals surface area contributed by atoms with Crippen LogP contribution in [0.1, 0.15) is 31.9 Å². The molecule has 0 spiro atoms. The van der Waals surface area contributed by atoms with Crippen molar-refractivity contribution in [3.63, 3.8) is 0 Å². The second kappa shape index (κ2) is 6.61. The van der Waals surface area contributed by atoms with Crippen molar-refractivity contribution in [2.24, 2.45) is 0 Å². The summed E-state index contributed by atoms with van der Waals surface area (Å²) in [5.74, 6) is -0.274. The fourth-order valence-electron chi connectivity index (χ4n) is 2.74. The number of aromatic hydroxyl groups is 1. The fraction of sp³-hybridized carbons (Fsp3) is 0.316. The molecule has 0 aliphatic heterocycles. The van der Waals surface area contributed by atoms with E-state index in [9.17, 15) is 9.90 Å². The minimum atomic E-state index is -0.355. The number of fused-ring (bicyclic) bond motifs is 1. The number of hydrogen-bond donors (Lipinski definition) is 1. The second-order valence-electron chi connectivity index (χ2n) is 7.14. The molecule has 0 aliphatic rings. The number of phenols is 1. The lowest BCUT2D eigenvalue weighted by Gasteiger charge is -2.23. The van der Waals surface area contributed by atoms with Crippen molar-refractivity contribution in [3.8, 4) is 11.4 Å². The van der Waals surface area contributed by atoms with Crippen LogP contribution < -0.4 is 0 Å². The number of rotatable bonds is 3. The zero-order chi connectivity index (χ0) is 19.1. The minimum absolute atomic E-state index is 0.0810. The summed E-state index contributed by atoms with van der Waals surface area (Å²) in [5.41, 5.74) is 2.77. The highest BCUT2D eigenvalue weighted by Gasteiger charge is 2.24. The number of halogens is 1. The molecule has 0 amide bonds. The van der Waals surface area contributed by atoms with E-state index >= 15 is 0 Å². The highest BCUT2D eigenvalue weighted by molar-refractivity contribution is 6.31. The van der Waals surface area contributed by atoms with Crippen molar-refractivity contribution in [3.05, 3.63) is 46.5 Å². The number of carbonyl (C=O) groups is 1. The van der Waals surface area contributed by atoms with E-state index in [1.165, 1.54) is 11.9 Å². The van der Waals surface area contributed by atoms with Gasteiger partial charge in [0.25, 0.3) is 0 Å². The standard InChI is InChI=1S/C19H20ClN3O3/c1-19(2,3)13-7-11(9-17(24)26-4)8-16(18(13)25)23-21-14-6-5-12(20)10-15(14)22-23/h5-8,10,25H,9H2,1-4H3. The van der Waals surface area contributed by atoms with Crippen LogP contribution in [0.25, 0.3) is 16.7 Å². The summed E-state index contributed by atoms with van der Waals surface area (Å²) >= 11 is 6.01. The van der Waals surface area contributed by atoms with Crippen molar-refractivity contribution >= 4 is 28.6 Å². The molecular weight excluding hydrogens is 354 g/mol. The van der Waals surface area contributed by atoms with Crippen LogP contribution >= 0.6 is 11.6 Å². The molecule has 0 atom stereocenters. The number of phenolic OH excluding ortho intramolecular Hbond substituents is 1. The Morgan fingerprint density at radius 3 is 2.54 bits per heavy atom. The Labute approximate surface area is 156 Å². The van der Waals surface area contributed by atoms with E-state index in [-0.39, 0.29) is 23.6 Å². The summed E-state index contributed by atoms with van der Waals surface area (Å²) in [4.78, 5) is 13.1. The summed E-state index contributed by atoms with van der Waals surface area (Å²) in [5, 5.41) is 20.2. The van der Waals surface area contributed by atoms with E-state index < -0.39 is 0 Å². The summed E-state index contributed by atoms with van der Waals surface area (Å²) in [7, 11) is 1.35. The van der Waals surface area contributed by atoms with Gasteiger partial charge >= 0.3 is 5.97 Å². The number of methoxy groups -OCH3 is 1. The van der Waals surface area contributed by atoms with E-state index in [0.717, 1.165) is 0 Å².